The number of halogens is 2. The van der Waals surface area contributed by atoms with Gasteiger partial charge in [0.15, 0.2) is 0 Å². The molecular weight excluding hydrogens is 353 g/mol. The number of carbonyl (C=O) groups is 1. The maximum atomic E-state index is 13.8. The molecule has 1 amide bonds. The number of carbonyl (C=O) groups excluding carboxylic acids is 1. The van der Waals surface area contributed by atoms with E-state index in [-0.39, 0.29) is 11.6 Å². The lowest BCUT2D eigenvalue weighted by molar-refractivity contribution is -0.116. The summed E-state index contributed by atoms with van der Waals surface area (Å²) in [5.41, 5.74) is 7.40. The summed E-state index contributed by atoms with van der Waals surface area (Å²) < 4.78 is 13.8. The number of rotatable bonds is 6. The Morgan fingerprint density at radius 1 is 1.23 bits per heavy atom. The largest absolute Gasteiger partial charge is 0.330 e. The summed E-state index contributed by atoms with van der Waals surface area (Å²) in [5.74, 6) is 0.0326. The maximum absolute atomic E-state index is 13.8. The molecule has 0 aromatic heterocycles. The van der Waals surface area contributed by atoms with Gasteiger partial charge < -0.3 is 16.0 Å². The lowest BCUT2D eigenvalue weighted by Gasteiger charge is -2.16. The minimum Gasteiger partial charge on any atom is -0.330 e. The van der Waals surface area contributed by atoms with Crippen LogP contribution in [0.1, 0.15) is 17.9 Å². The minimum atomic E-state index is -0.528. The molecule has 0 bridgehead atoms. The molecule has 2 aromatic carbocycles. The molecule has 3 rings (SSSR count). The summed E-state index contributed by atoms with van der Waals surface area (Å²) in [4.78, 5) is 14.4. The van der Waals surface area contributed by atoms with E-state index in [1.165, 1.54) is 17.7 Å². The van der Waals surface area contributed by atoms with Crippen LogP contribution >= 0.6 is 11.6 Å². The lowest BCUT2D eigenvalue weighted by atomic mass is 9.89. The fourth-order valence-corrected chi connectivity index (χ4v) is 3.68. The summed E-state index contributed by atoms with van der Waals surface area (Å²) in [5, 5.41) is 2.91. The van der Waals surface area contributed by atoms with Crippen LogP contribution in [-0.2, 0) is 4.79 Å². The SMILES string of the molecule is NC[C@@H]1CN(CCC(=O)Nc2ccc(Cl)cc2F)C[C@H]1c1ccccc1. The number of nitrogens with zero attached hydrogens (tertiary/aromatic N) is 1. The van der Waals surface area contributed by atoms with Gasteiger partial charge in [-0.3, -0.25) is 4.79 Å². The minimum absolute atomic E-state index is 0.155. The predicted octanol–water partition coefficient (Wildman–Crippen LogP) is 3.48. The summed E-state index contributed by atoms with van der Waals surface area (Å²) in [6.07, 6.45) is 0.306. The Kier molecular flexibility index (Phi) is 6.25. The van der Waals surface area contributed by atoms with Crippen LogP contribution in [-0.4, -0.2) is 37.0 Å². The number of anilines is 1. The molecule has 0 spiro atoms. The van der Waals surface area contributed by atoms with E-state index in [1.54, 1.807) is 6.07 Å². The lowest BCUT2D eigenvalue weighted by Crippen LogP contribution is -2.27. The molecule has 0 unspecified atom stereocenters. The summed E-state index contributed by atoms with van der Waals surface area (Å²) in [7, 11) is 0. The number of nitrogens with one attached hydrogen (secondary N) is 1. The zero-order valence-electron chi connectivity index (χ0n) is 14.5. The van der Waals surface area contributed by atoms with Crippen LogP contribution in [0.25, 0.3) is 0 Å². The highest BCUT2D eigenvalue weighted by Crippen LogP contribution is 2.32. The van der Waals surface area contributed by atoms with Gasteiger partial charge in [0.05, 0.1) is 5.69 Å². The molecule has 4 nitrogen and oxygen atoms in total. The maximum Gasteiger partial charge on any atom is 0.225 e. The van der Waals surface area contributed by atoms with Gasteiger partial charge in [0.2, 0.25) is 5.91 Å². The van der Waals surface area contributed by atoms with E-state index in [0.29, 0.717) is 36.4 Å². The van der Waals surface area contributed by atoms with Gasteiger partial charge in [0, 0.05) is 37.0 Å². The van der Waals surface area contributed by atoms with E-state index in [0.717, 1.165) is 13.1 Å². The Balaban J connectivity index is 1.54. The second-order valence-electron chi connectivity index (χ2n) is 6.69. The first-order valence-corrected chi connectivity index (χ1v) is 9.17. The van der Waals surface area contributed by atoms with Crippen molar-refractivity contribution >= 4 is 23.2 Å². The summed E-state index contributed by atoms with van der Waals surface area (Å²) >= 11 is 5.72. The Hall–Kier alpha value is -1.95. The van der Waals surface area contributed by atoms with E-state index in [9.17, 15) is 9.18 Å². The number of hydrogen-bond acceptors (Lipinski definition) is 3. The number of nitrogens with two attached hydrogens (primary N) is 1. The fourth-order valence-electron chi connectivity index (χ4n) is 3.52. The molecule has 0 radical (unpaired) electrons. The average molecular weight is 376 g/mol. The van der Waals surface area contributed by atoms with Crippen molar-refractivity contribution in [1.82, 2.24) is 4.90 Å². The molecule has 1 aliphatic rings. The predicted molar refractivity (Wildman–Crippen MR) is 103 cm³/mol. The highest BCUT2D eigenvalue weighted by Gasteiger charge is 2.32. The van der Waals surface area contributed by atoms with Crippen LogP contribution in [0.5, 0.6) is 0 Å². The van der Waals surface area contributed by atoms with Gasteiger partial charge in [-0.1, -0.05) is 41.9 Å². The third-order valence-electron chi connectivity index (χ3n) is 4.91. The van der Waals surface area contributed by atoms with Crippen LogP contribution in [0.4, 0.5) is 10.1 Å². The Morgan fingerprint density at radius 3 is 2.69 bits per heavy atom. The van der Waals surface area contributed by atoms with Gasteiger partial charge in [-0.2, -0.15) is 0 Å². The third-order valence-corrected chi connectivity index (χ3v) is 5.14. The smallest absolute Gasteiger partial charge is 0.225 e. The molecule has 3 N–H and O–H groups in total. The van der Waals surface area contributed by atoms with Crippen molar-refractivity contribution < 1.29 is 9.18 Å². The number of benzene rings is 2. The highest BCUT2D eigenvalue weighted by molar-refractivity contribution is 6.30. The quantitative estimate of drug-likeness (QED) is 0.812. The zero-order chi connectivity index (χ0) is 18.5. The molecule has 1 saturated heterocycles. The molecule has 1 aliphatic heterocycles. The van der Waals surface area contributed by atoms with Gasteiger partial charge in [-0.25, -0.2) is 4.39 Å². The van der Waals surface area contributed by atoms with Crippen molar-refractivity contribution in [2.75, 3.05) is 31.5 Å². The topological polar surface area (TPSA) is 58.4 Å². The van der Waals surface area contributed by atoms with Crippen molar-refractivity contribution in [1.29, 1.82) is 0 Å². The van der Waals surface area contributed by atoms with E-state index in [4.69, 9.17) is 17.3 Å². The standard InChI is InChI=1S/C20H23ClFN3O/c21-16-6-7-19(18(22)10-16)24-20(26)8-9-25-12-15(11-23)17(13-25)14-4-2-1-3-5-14/h1-7,10,15,17H,8-9,11-13,23H2,(H,24,26)/t15-,17+/m1/s1. The van der Waals surface area contributed by atoms with Gasteiger partial charge in [0.1, 0.15) is 5.82 Å². The first-order valence-electron chi connectivity index (χ1n) is 8.79. The first kappa shape index (κ1) is 18.8. The zero-order valence-corrected chi connectivity index (χ0v) is 15.3. The molecule has 6 heteroatoms. The number of likely N-dealkylation sites (tertiary alicyclic amines) is 1. The van der Waals surface area contributed by atoms with Crippen LogP contribution in [0, 0.1) is 11.7 Å². The molecular formula is C20H23ClFN3O. The van der Waals surface area contributed by atoms with Crippen LogP contribution in [0.15, 0.2) is 48.5 Å². The monoisotopic (exact) mass is 375 g/mol. The highest BCUT2D eigenvalue weighted by atomic mass is 35.5. The van der Waals surface area contributed by atoms with Crippen LogP contribution < -0.4 is 11.1 Å². The van der Waals surface area contributed by atoms with Gasteiger partial charge in [-0.15, -0.1) is 0 Å². The number of amides is 1. The van der Waals surface area contributed by atoms with Crippen molar-refractivity contribution in [2.45, 2.75) is 12.3 Å². The first-order chi connectivity index (χ1) is 12.6. The molecule has 26 heavy (non-hydrogen) atoms. The molecule has 138 valence electrons. The Bertz CT molecular complexity index is 756. The fraction of sp³-hybridized carbons (Fsp3) is 0.350. The molecule has 0 saturated carbocycles. The van der Waals surface area contributed by atoms with E-state index in [2.05, 4.69) is 22.3 Å². The van der Waals surface area contributed by atoms with E-state index in [1.807, 2.05) is 18.2 Å². The normalized spacial score (nSPS) is 20.3. The van der Waals surface area contributed by atoms with E-state index < -0.39 is 5.82 Å². The van der Waals surface area contributed by atoms with Gasteiger partial charge in [0.25, 0.3) is 0 Å². The third kappa shape index (κ3) is 4.61. The molecule has 2 aromatic rings. The van der Waals surface area contributed by atoms with Crippen molar-refractivity contribution in [2.24, 2.45) is 11.7 Å². The van der Waals surface area contributed by atoms with Crippen LogP contribution in [0.2, 0.25) is 5.02 Å². The van der Waals surface area contributed by atoms with Crippen molar-refractivity contribution in [3.8, 4) is 0 Å². The Labute approximate surface area is 158 Å². The van der Waals surface area contributed by atoms with Crippen LogP contribution in [0.3, 0.4) is 0 Å². The molecule has 1 heterocycles. The van der Waals surface area contributed by atoms with Gasteiger partial charge in [-0.05, 0) is 36.2 Å². The summed E-state index contributed by atoms with van der Waals surface area (Å²) in [6.45, 7) is 3.01. The number of hydrogen-bond donors (Lipinski definition) is 2. The Morgan fingerprint density at radius 2 is 2.00 bits per heavy atom. The van der Waals surface area contributed by atoms with Gasteiger partial charge >= 0.3 is 0 Å². The molecule has 1 fully saturated rings. The second-order valence-corrected chi connectivity index (χ2v) is 7.13. The van der Waals surface area contributed by atoms with E-state index >= 15 is 0 Å². The van der Waals surface area contributed by atoms with Crippen molar-refractivity contribution in [3.05, 3.63) is 64.9 Å². The second kappa shape index (κ2) is 8.62. The molecule has 2 atom stereocenters. The molecule has 0 aliphatic carbocycles. The average Bonchev–Trinajstić information content (AvgIpc) is 3.06. The van der Waals surface area contributed by atoms with Crippen molar-refractivity contribution in [3.63, 3.8) is 0 Å². The summed E-state index contributed by atoms with van der Waals surface area (Å²) in [6, 6.07) is 14.6.